The number of amides is 4. The number of carbonyl (C=O) groups is 3. The summed E-state index contributed by atoms with van der Waals surface area (Å²) in [4.78, 5) is 38.7. The molecule has 140 valence electrons. The zero-order valence-corrected chi connectivity index (χ0v) is 16.0. The van der Waals surface area contributed by atoms with Crippen LogP contribution in [0.15, 0.2) is 48.5 Å². The molecule has 1 aliphatic heterocycles. The second-order valence-electron chi connectivity index (χ2n) is 6.09. The lowest BCUT2D eigenvalue weighted by atomic mass is 9.87. The Bertz CT molecular complexity index is 884. The predicted octanol–water partition coefficient (Wildman–Crippen LogP) is 3.79. The van der Waals surface area contributed by atoms with Gasteiger partial charge in [0.15, 0.2) is 0 Å². The molecule has 0 spiro atoms. The Hall–Kier alpha value is -2.57. The van der Waals surface area contributed by atoms with Crippen molar-refractivity contribution in [2.75, 3.05) is 11.9 Å². The first kappa shape index (κ1) is 19.2. The van der Waals surface area contributed by atoms with Gasteiger partial charge in [-0.15, -0.1) is 0 Å². The molecule has 2 aromatic carbocycles. The first-order chi connectivity index (χ1) is 12.9. The topological polar surface area (TPSA) is 78.5 Å². The van der Waals surface area contributed by atoms with E-state index in [0.29, 0.717) is 12.0 Å². The minimum Gasteiger partial charge on any atom is -0.322 e. The summed E-state index contributed by atoms with van der Waals surface area (Å²) in [5.41, 5.74) is -0.272. The van der Waals surface area contributed by atoms with E-state index in [2.05, 4.69) is 10.6 Å². The molecule has 0 aromatic heterocycles. The third kappa shape index (κ3) is 3.50. The van der Waals surface area contributed by atoms with Gasteiger partial charge in [-0.25, -0.2) is 4.79 Å². The maximum Gasteiger partial charge on any atom is 0.325 e. The lowest BCUT2D eigenvalue weighted by Crippen LogP contribution is -2.44. The van der Waals surface area contributed by atoms with E-state index in [-0.39, 0.29) is 15.7 Å². The maximum absolute atomic E-state index is 13.0. The van der Waals surface area contributed by atoms with Crippen LogP contribution >= 0.6 is 23.2 Å². The summed E-state index contributed by atoms with van der Waals surface area (Å²) in [6, 6.07) is 13.1. The molecular weight excluding hydrogens is 389 g/mol. The Labute approximate surface area is 166 Å². The molecule has 1 saturated heterocycles. The quantitative estimate of drug-likeness (QED) is 0.742. The van der Waals surface area contributed by atoms with Crippen molar-refractivity contribution in [1.82, 2.24) is 10.2 Å². The first-order valence-corrected chi connectivity index (χ1v) is 9.08. The molecule has 1 aliphatic rings. The maximum atomic E-state index is 13.0. The SMILES string of the molecule is CC[C@]1(c2ccccc2)NC(=O)N(CC(=O)Nc2c(Cl)cccc2Cl)C1=O. The highest BCUT2D eigenvalue weighted by atomic mass is 35.5. The lowest BCUT2D eigenvalue weighted by molar-refractivity contribution is -0.134. The number of hydrogen-bond acceptors (Lipinski definition) is 3. The summed E-state index contributed by atoms with van der Waals surface area (Å²) in [6.45, 7) is 1.36. The van der Waals surface area contributed by atoms with Crippen LogP contribution in [-0.4, -0.2) is 29.3 Å². The van der Waals surface area contributed by atoms with Gasteiger partial charge < -0.3 is 10.6 Å². The largest absolute Gasteiger partial charge is 0.325 e. The lowest BCUT2D eigenvalue weighted by Gasteiger charge is -2.25. The molecule has 2 N–H and O–H groups in total. The second kappa shape index (κ2) is 7.58. The summed E-state index contributed by atoms with van der Waals surface area (Å²) in [7, 11) is 0. The van der Waals surface area contributed by atoms with Crippen LogP contribution in [0.5, 0.6) is 0 Å². The molecule has 1 heterocycles. The van der Waals surface area contributed by atoms with Gasteiger partial charge in [0.2, 0.25) is 5.91 Å². The van der Waals surface area contributed by atoms with Crippen LogP contribution in [0, 0.1) is 0 Å². The number of urea groups is 1. The average Bonchev–Trinajstić information content (AvgIpc) is 2.90. The van der Waals surface area contributed by atoms with Crippen molar-refractivity contribution in [2.45, 2.75) is 18.9 Å². The van der Waals surface area contributed by atoms with Crippen LogP contribution in [0.4, 0.5) is 10.5 Å². The van der Waals surface area contributed by atoms with Crippen molar-refractivity contribution in [2.24, 2.45) is 0 Å². The molecule has 3 rings (SSSR count). The number of imide groups is 1. The van der Waals surface area contributed by atoms with E-state index in [4.69, 9.17) is 23.2 Å². The number of nitrogens with one attached hydrogen (secondary N) is 2. The van der Waals surface area contributed by atoms with Gasteiger partial charge >= 0.3 is 6.03 Å². The zero-order valence-electron chi connectivity index (χ0n) is 14.5. The number of carbonyl (C=O) groups excluding carboxylic acids is 3. The first-order valence-electron chi connectivity index (χ1n) is 8.32. The molecule has 8 heteroatoms. The number of anilines is 1. The van der Waals surface area contributed by atoms with Gasteiger partial charge in [0.1, 0.15) is 12.1 Å². The molecule has 1 atom stereocenters. The molecule has 1 fully saturated rings. The van der Waals surface area contributed by atoms with Crippen LogP contribution in [0.3, 0.4) is 0 Å². The van der Waals surface area contributed by atoms with Gasteiger partial charge in [0.25, 0.3) is 5.91 Å². The highest BCUT2D eigenvalue weighted by Crippen LogP contribution is 2.33. The Kier molecular flexibility index (Phi) is 5.39. The van der Waals surface area contributed by atoms with Crippen LogP contribution in [0.25, 0.3) is 0 Å². The van der Waals surface area contributed by atoms with E-state index in [0.717, 1.165) is 4.90 Å². The predicted molar refractivity (Wildman–Crippen MR) is 104 cm³/mol. The van der Waals surface area contributed by atoms with E-state index in [9.17, 15) is 14.4 Å². The van der Waals surface area contributed by atoms with E-state index in [1.807, 2.05) is 6.07 Å². The highest BCUT2D eigenvalue weighted by Gasteiger charge is 2.51. The third-order valence-electron chi connectivity index (χ3n) is 4.50. The van der Waals surface area contributed by atoms with Crippen LogP contribution in [-0.2, 0) is 15.1 Å². The molecule has 27 heavy (non-hydrogen) atoms. The fraction of sp³-hybridized carbons (Fsp3) is 0.211. The molecule has 0 saturated carbocycles. The summed E-state index contributed by atoms with van der Waals surface area (Å²) in [5.74, 6) is -1.05. The van der Waals surface area contributed by atoms with Gasteiger partial charge in [-0.2, -0.15) is 0 Å². The number of rotatable bonds is 5. The normalized spacial score (nSPS) is 19.1. The second-order valence-corrected chi connectivity index (χ2v) is 6.91. The highest BCUT2D eigenvalue weighted by molar-refractivity contribution is 6.39. The number of nitrogens with zero attached hydrogens (tertiary/aromatic N) is 1. The minimum atomic E-state index is -1.18. The molecule has 2 aromatic rings. The van der Waals surface area contributed by atoms with Crippen LogP contribution in [0.1, 0.15) is 18.9 Å². The van der Waals surface area contributed by atoms with E-state index >= 15 is 0 Å². The summed E-state index contributed by atoms with van der Waals surface area (Å²) in [5, 5.41) is 5.81. The van der Waals surface area contributed by atoms with Crippen molar-refractivity contribution in [1.29, 1.82) is 0 Å². The monoisotopic (exact) mass is 405 g/mol. The van der Waals surface area contributed by atoms with E-state index in [1.165, 1.54) is 0 Å². The zero-order chi connectivity index (χ0) is 19.6. The Morgan fingerprint density at radius 1 is 1.07 bits per heavy atom. The molecule has 0 bridgehead atoms. The van der Waals surface area contributed by atoms with Crippen LogP contribution < -0.4 is 10.6 Å². The summed E-state index contributed by atoms with van der Waals surface area (Å²) in [6.07, 6.45) is 0.357. The molecule has 6 nitrogen and oxygen atoms in total. The van der Waals surface area contributed by atoms with Crippen molar-refractivity contribution in [3.8, 4) is 0 Å². The molecular formula is C19H17Cl2N3O3. The fourth-order valence-electron chi connectivity index (χ4n) is 3.07. The minimum absolute atomic E-state index is 0.239. The fourth-order valence-corrected chi connectivity index (χ4v) is 3.56. The van der Waals surface area contributed by atoms with Crippen LogP contribution in [0.2, 0.25) is 10.0 Å². The van der Waals surface area contributed by atoms with Gasteiger partial charge in [-0.05, 0) is 24.1 Å². The molecule has 0 aliphatic carbocycles. The number of benzene rings is 2. The van der Waals surface area contributed by atoms with Crippen molar-refractivity contribution in [3.63, 3.8) is 0 Å². The van der Waals surface area contributed by atoms with E-state index in [1.54, 1.807) is 49.4 Å². The van der Waals surface area contributed by atoms with Gasteiger partial charge in [0, 0.05) is 0 Å². The van der Waals surface area contributed by atoms with Crippen molar-refractivity contribution >= 4 is 46.7 Å². The average molecular weight is 406 g/mol. The smallest absolute Gasteiger partial charge is 0.322 e. The van der Waals surface area contributed by atoms with Crippen molar-refractivity contribution < 1.29 is 14.4 Å². The summed E-state index contributed by atoms with van der Waals surface area (Å²) >= 11 is 12.1. The Morgan fingerprint density at radius 2 is 1.70 bits per heavy atom. The molecule has 4 amide bonds. The molecule has 0 radical (unpaired) electrons. The number of hydrogen-bond donors (Lipinski definition) is 2. The third-order valence-corrected chi connectivity index (χ3v) is 5.13. The number of halogens is 2. The van der Waals surface area contributed by atoms with Gasteiger partial charge in [-0.1, -0.05) is 66.5 Å². The van der Waals surface area contributed by atoms with Crippen molar-refractivity contribution in [3.05, 3.63) is 64.1 Å². The van der Waals surface area contributed by atoms with Gasteiger partial charge in [-0.3, -0.25) is 14.5 Å². The number of para-hydroxylation sites is 1. The van der Waals surface area contributed by atoms with Gasteiger partial charge in [0.05, 0.1) is 15.7 Å². The molecule has 0 unspecified atom stereocenters. The Morgan fingerprint density at radius 3 is 2.30 bits per heavy atom. The Balaban J connectivity index is 1.81. The van der Waals surface area contributed by atoms with E-state index < -0.39 is 29.9 Å². The summed E-state index contributed by atoms with van der Waals surface area (Å²) < 4.78 is 0. The standard InChI is InChI=1S/C19H17Cl2N3O3/c1-2-19(12-7-4-3-5-8-12)17(26)24(18(27)23-19)11-15(25)22-16-13(20)9-6-10-14(16)21/h3-10H,2,11H2,1H3,(H,22,25)(H,23,27)/t19-/m1/s1.